The first-order valence-corrected chi connectivity index (χ1v) is 7.64. The first kappa shape index (κ1) is 16.7. The maximum atomic E-state index is 12.8. The topological polar surface area (TPSA) is 31.2 Å². The van der Waals surface area contributed by atoms with Crippen LogP contribution in [-0.4, -0.2) is 17.6 Å². The summed E-state index contributed by atoms with van der Waals surface area (Å²) in [4.78, 5) is 12.2. The number of alkyl halides is 2. The SMILES string of the molecule is CCOc1ccc(-c2ccc(C)c(=O)n2CC(F)F)c(Br)c1. The van der Waals surface area contributed by atoms with E-state index >= 15 is 0 Å². The highest BCUT2D eigenvalue weighted by Gasteiger charge is 2.15. The number of halogens is 3. The summed E-state index contributed by atoms with van der Waals surface area (Å²) in [7, 11) is 0. The van der Waals surface area contributed by atoms with Crippen molar-refractivity contribution in [1.82, 2.24) is 4.57 Å². The first-order chi connectivity index (χ1) is 10.4. The predicted octanol–water partition coefficient (Wildman–Crippen LogP) is 4.25. The van der Waals surface area contributed by atoms with Crippen molar-refractivity contribution in [1.29, 1.82) is 0 Å². The van der Waals surface area contributed by atoms with Crippen molar-refractivity contribution in [3.63, 3.8) is 0 Å². The Hall–Kier alpha value is -1.69. The minimum Gasteiger partial charge on any atom is -0.494 e. The summed E-state index contributed by atoms with van der Waals surface area (Å²) in [6.07, 6.45) is -2.60. The summed E-state index contributed by atoms with van der Waals surface area (Å²) < 4.78 is 32.8. The summed E-state index contributed by atoms with van der Waals surface area (Å²) in [6, 6.07) is 8.58. The van der Waals surface area contributed by atoms with E-state index in [2.05, 4.69) is 15.9 Å². The average Bonchev–Trinajstić information content (AvgIpc) is 2.45. The van der Waals surface area contributed by atoms with Crippen LogP contribution in [0.1, 0.15) is 12.5 Å². The predicted molar refractivity (Wildman–Crippen MR) is 85.7 cm³/mol. The fraction of sp³-hybridized carbons (Fsp3) is 0.312. The third kappa shape index (κ3) is 3.55. The van der Waals surface area contributed by atoms with E-state index in [0.29, 0.717) is 33.6 Å². The van der Waals surface area contributed by atoms with E-state index in [1.54, 1.807) is 37.3 Å². The highest BCUT2D eigenvalue weighted by Crippen LogP contribution is 2.31. The molecule has 0 atom stereocenters. The Morgan fingerprint density at radius 3 is 2.59 bits per heavy atom. The summed E-state index contributed by atoms with van der Waals surface area (Å²) in [5, 5.41) is 0. The molecule has 0 saturated heterocycles. The Kier molecular flexibility index (Phi) is 5.34. The minimum atomic E-state index is -2.60. The fourth-order valence-corrected chi connectivity index (χ4v) is 2.76. The van der Waals surface area contributed by atoms with Gasteiger partial charge in [-0.15, -0.1) is 0 Å². The van der Waals surface area contributed by atoms with Crippen LogP contribution in [0.15, 0.2) is 39.6 Å². The molecule has 0 aliphatic rings. The van der Waals surface area contributed by atoms with Gasteiger partial charge in [0.25, 0.3) is 12.0 Å². The van der Waals surface area contributed by atoms with Crippen LogP contribution >= 0.6 is 15.9 Å². The molecule has 0 bridgehead atoms. The molecule has 0 aliphatic carbocycles. The van der Waals surface area contributed by atoms with Gasteiger partial charge in [-0.3, -0.25) is 4.79 Å². The standard InChI is InChI=1S/C16H16BrF2NO2/c1-3-22-11-5-6-12(13(17)8-11)14-7-4-10(2)16(21)20(14)9-15(18)19/h4-8,15H,3,9H2,1-2H3. The van der Waals surface area contributed by atoms with Crippen molar-refractivity contribution in [2.45, 2.75) is 26.8 Å². The third-order valence-corrected chi connectivity index (χ3v) is 3.87. The number of hydrogen-bond donors (Lipinski definition) is 0. The highest BCUT2D eigenvalue weighted by atomic mass is 79.9. The molecule has 6 heteroatoms. The molecule has 22 heavy (non-hydrogen) atoms. The number of aromatic nitrogens is 1. The second-order valence-electron chi connectivity index (χ2n) is 4.78. The van der Waals surface area contributed by atoms with Gasteiger partial charge in [0.2, 0.25) is 0 Å². The Bertz CT molecular complexity index is 729. The second kappa shape index (κ2) is 7.05. The molecule has 2 rings (SSSR count). The zero-order valence-electron chi connectivity index (χ0n) is 12.3. The monoisotopic (exact) mass is 371 g/mol. The van der Waals surface area contributed by atoms with E-state index in [0.717, 1.165) is 4.57 Å². The van der Waals surface area contributed by atoms with Crippen LogP contribution in [0.5, 0.6) is 5.75 Å². The molecule has 0 spiro atoms. The third-order valence-electron chi connectivity index (χ3n) is 3.21. The quantitative estimate of drug-likeness (QED) is 0.786. The number of ether oxygens (including phenoxy) is 1. The van der Waals surface area contributed by atoms with Crippen molar-refractivity contribution in [3.05, 3.63) is 50.7 Å². The van der Waals surface area contributed by atoms with Gasteiger partial charge in [-0.25, -0.2) is 8.78 Å². The van der Waals surface area contributed by atoms with Gasteiger partial charge in [-0.1, -0.05) is 6.07 Å². The van der Waals surface area contributed by atoms with Gasteiger partial charge in [0.1, 0.15) is 5.75 Å². The molecular formula is C16H16BrF2NO2. The van der Waals surface area contributed by atoms with Crippen molar-refractivity contribution in [2.24, 2.45) is 0 Å². The molecule has 0 aliphatic heterocycles. The highest BCUT2D eigenvalue weighted by molar-refractivity contribution is 9.10. The van der Waals surface area contributed by atoms with Crippen LogP contribution in [0.25, 0.3) is 11.3 Å². The average molecular weight is 372 g/mol. The van der Waals surface area contributed by atoms with E-state index < -0.39 is 18.5 Å². The van der Waals surface area contributed by atoms with Gasteiger partial charge in [0, 0.05) is 15.6 Å². The van der Waals surface area contributed by atoms with Crippen LogP contribution < -0.4 is 10.3 Å². The maximum Gasteiger partial charge on any atom is 0.256 e. The summed E-state index contributed by atoms with van der Waals surface area (Å²) in [6.45, 7) is 3.39. The van der Waals surface area contributed by atoms with Crippen molar-refractivity contribution >= 4 is 15.9 Å². The number of benzene rings is 1. The number of aryl methyl sites for hydroxylation is 1. The zero-order valence-corrected chi connectivity index (χ0v) is 13.9. The number of hydrogen-bond acceptors (Lipinski definition) is 2. The summed E-state index contributed by atoms with van der Waals surface area (Å²) >= 11 is 3.41. The molecule has 1 aromatic heterocycles. The summed E-state index contributed by atoms with van der Waals surface area (Å²) in [5.41, 5.74) is 1.15. The molecule has 2 aromatic rings. The van der Waals surface area contributed by atoms with E-state index in [1.807, 2.05) is 6.92 Å². The smallest absolute Gasteiger partial charge is 0.256 e. The first-order valence-electron chi connectivity index (χ1n) is 6.85. The van der Waals surface area contributed by atoms with Crippen LogP contribution in [0.4, 0.5) is 8.78 Å². The lowest BCUT2D eigenvalue weighted by Gasteiger charge is -2.15. The molecule has 3 nitrogen and oxygen atoms in total. The normalized spacial score (nSPS) is 11.0. The fourth-order valence-electron chi connectivity index (χ4n) is 2.20. The van der Waals surface area contributed by atoms with Gasteiger partial charge < -0.3 is 9.30 Å². The van der Waals surface area contributed by atoms with Crippen molar-refractivity contribution in [3.8, 4) is 17.0 Å². The molecule has 0 unspecified atom stereocenters. The number of pyridine rings is 1. The zero-order chi connectivity index (χ0) is 16.3. The molecule has 0 amide bonds. The molecule has 0 fully saturated rings. The van der Waals surface area contributed by atoms with Crippen molar-refractivity contribution < 1.29 is 13.5 Å². The van der Waals surface area contributed by atoms with Gasteiger partial charge in [-0.2, -0.15) is 0 Å². The lowest BCUT2D eigenvalue weighted by Crippen LogP contribution is -2.26. The van der Waals surface area contributed by atoms with Crippen LogP contribution in [0, 0.1) is 6.92 Å². The molecule has 0 N–H and O–H groups in total. The van der Waals surface area contributed by atoms with Crippen molar-refractivity contribution in [2.75, 3.05) is 6.61 Å². The van der Waals surface area contributed by atoms with E-state index in [1.165, 1.54) is 0 Å². The van der Waals surface area contributed by atoms with E-state index in [-0.39, 0.29) is 0 Å². The van der Waals surface area contributed by atoms with Crippen LogP contribution in [-0.2, 0) is 6.54 Å². The van der Waals surface area contributed by atoms with Crippen LogP contribution in [0.2, 0.25) is 0 Å². The molecule has 1 heterocycles. The lowest BCUT2D eigenvalue weighted by molar-refractivity contribution is 0.126. The molecule has 1 aromatic carbocycles. The Morgan fingerprint density at radius 2 is 2.00 bits per heavy atom. The molecule has 0 saturated carbocycles. The second-order valence-corrected chi connectivity index (χ2v) is 5.64. The summed E-state index contributed by atoms with van der Waals surface area (Å²) in [5.74, 6) is 0.674. The van der Waals surface area contributed by atoms with Gasteiger partial charge in [0.05, 0.1) is 18.8 Å². The van der Waals surface area contributed by atoms with E-state index in [9.17, 15) is 13.6 Å². The Labute approximate surface area is 135 Å². The van der Waals surface area contributed by atoms with Gasteiger partial charge in [0.15, 0.2) is 0 Å². The number of nitrogens with zero attached hydrogens (tertiary/aromatic N) is 1. The number of rotatable bonds is 5. The van der Waals surface area contributed by atoms with Gasteiger partial charge >= 0.3 is 0 Å². The van der Waals surface area contributed by atoms with Gasteiger partial charge in [-0.05, 0) is 54.0 Å². The molecule has 118 valence electrons. The Morgan fingerprint density at radius 1 is 1.27 bits per heavy atom. The minimum absolute atomic E-state index is 0.404. The maximum absolute atomic E-state index is 12.8. The Balaban J connectivity index is 2.57. The van der Waals surface area contributed by atoms with E-state index in [4.69, 9.17) is 4.74 Å². The van der Waals surface area contributed by atoms with Crippen LogP contribution in [0.3, 0.4) is 0 Å². The lowest BCUT2D eigenvalue weighted by atomic mass is 10.1. The molecular weight excluding hydrogens is 356 g/mol. The molecule has 0 radical (unpaired) electrons. The largest absolute Gasteiger partial charge is 0.494 e.